The van der Waals surface area contributed by atoms with Crippen molar-refractivity contribution >= 4 is 23.5 Å². The van der Waals surface area contributed by atoms with Crippen LogP contribution in [-0.4, -0.2) is 36.5 Å². The van der Waals surface area contributed by atoms with Crippen LogP contribution in [0, 0.1) is 5.92 Å². The Labute approximate surface area is 131 Å². The second kappa shape index (κ2) is 8.67. The van der Waals surface area contributed by atoms with Gasteiger partial charge in [0.2, 0.25) is 0 Å². The lowest BCUT2D eigenvalue weighted by molar-refractivity contribution is 0.0873. The highest BCUT2D eigenvalue weighted by Crippen LogP contribution is 2.11. The number of ether oxygens (including phenoxy) is 1. The first-order valence-electron chi connectivity index (χ1n) is 7.14. The molecule has 0 N–H and O–H groups in total. The summed E-state index contributed by atoms with van der Waals surface area (Å²) in [5.41, 5.74) is 0.603. The number of rotatable bonds is 7. The van der Waals surface area contributed by atoms with E-state index in [1.54, 1.807) is 24.3 Å². The molecule has 1 aromatic rings. The zero-order valence-electron chi connectivity index (χ0n) is 12.8. The van der Waals surface area contributed by atoms with Crippen LogP contribution in [0.25, 0.3) is 0 Å². The smallest absolute Gasteiger partial charge is 0.409 e. The van der Waals surface area contributed by atoms with Gasteiger partial charge in [-0.15, -0.1) is 0 Å². The average molecular weight is 312 g/mol. The number of hydrogen-bond acceptors (Lipinski definition) is 3. The molecule has 0 heterocycles. The number of carbonyl (C=O) groups excluding carboxylic acids is 2. The van der Waals surface area contributed by atoms with E-state index in [-0.39, 0.29) is 18.3 Å². The molecule has 0 bridgehead atoms. The van der Waals surface area contributed by atoms with Crippen LogP contribution in [0.5, 0.6) is 0 Å². The molecule has 0 saturated heterocycles. The van der Waals surface area contributed by atoms with Crippen LogP contribution in [0.1, 0.15) is 37.6 Å². The van der Waals surface area contributed by atoms with Crippen molar-refractivity contribution in [1.29, 1.82) is 0 Å². The Morgan fingerprint density at radius 1 is 1.24 bits per heavy atom. The lowest BCUT2D eigenvalue weighted by atomic mass is 10.1. The maximum Gasteiger partial charge on any atom is 0.409 e. The molecule has 116 valence electrons. The van der Waals surface area contributed by atoms with Crippen molar-refractivity contribution in [2.45, 2.75) is 27.2 Å². The zero-order chi connectivity index (χ0) is 15.8. The summed E-state index contributed by atoms with van der Waals surface area (Å²) in [6.45, 7) is 7.09. The van der Waals surface area contributed by atoms with Crippen LogP contribution in [0.2, 0.25) is 5.02 Å². The number of hydrogen-bond donors (Lipinski definition) is 0. The van der Waals surface area contributed by atoms with Crippen molar-refractivity contribution in [3.8, 4) is 0 Å². The van der Waals surface area contributed by atoms with E-state index in [1.165, 1.54) is 4.90 Å². The van der Waals surface area contributed by atoms with Gasteiger partial charge in [-0.2, -0.15) is 0 Å². The summed E-state index contributed by atoms with van der Waals surface area (Å²) in [5, 5.41) is 0.596. The van der Waals surface area contributed by atoms with E-state index in [2.05, 4.69) is 0 Å². The van der Waals surface area contributed by atoms with Gasteiger partial charge in [0, 0.05) is 30.1 Å². The molecule has 0 radical (unpaired) electrons. The standard InChI is InChI=1S/C16H22ClNO3/c1-4-18(16(20)21-11-12(2)3)10-9-15(19)13-5-7-14(17)8-6-13/h5-8,12H,4,9-11H2,1-3H3. The van der Waals surface area contributed by atoms with Crippen molar-refractivity contribution in [2.24, 2.45) is 5.92 Å². The molecule has 0 unspecified atom stereocenters. The van der Waals surface area contributed by atoms with Gasteiger partial charge >= 0.3 is 6.09 Å². The van der Waals surface area contributed by atoms with E-state index in [0.29, 0.717) is 36.2 Å². The van der Waals surface area contributed by atoms with E-state index >= 15 is 0 Å². The Morgan fingerprint density at radius 2 is 1.86 bits per heavy atom. The molecule has 0 atom stereocenters. The number of benzene rings is 1. The first-order valence-corrected chi connectivity index (χ1v) is 7.52. The molecule has 0 aliphatic heterocycles. The number of halogens is 1. The molecule has 1 aromatic carbocycles. The minimum Gasteiger partial charge on any atom is -0.449 e. The minimum atomic E-state index is -0.366. The van der Waals surface area contributed by atoms with Crippen LogP contribution < -0.4 is 0 Å². The van der Waals surface area contributed by atoms with Crippen molar-refractivity contribution in [3.63, 3.8) is 0 Å². The molecular weight excluding hydrogens is 290 g/mol. The van der Waals surface area contributed by atoms with E-state index in [0.717, 1.165) is 0 Å². The third-order valence-electron chi connectivity index (χ3n) is 2.96. The number of amides is 1. The van der Waals surface area contributed by atoms with Crippen molar-refractivity contribution in [1.82, 2.24) is 4.90 Å². The molecule has 0 spiro atoms. The molecule has 4 nitrogen and oxygen atoms in total. The summed E-state index contributed by atoms with van der Waals surface area (Å²) < 4.78 is 5.17. The maximum absolute atomic E-state index is 12.0. The Kier molecular flexibility index (Phi) is 7.23. The van der Waals surface area contributed by atoms with E-state index in [9.17, 15) is 9.59 Å². The van der Waals surface area contributed by atoms with Gasteiger partial charge in [0.15, 0.2) is 5.78 Å². The molecular formula is C16H22ClNO3. The van der Waals surface area contributed by atoms with Crippen LogP contribution in [-0.2, 0) is 4.74 Å². The van der Waals surface area contributed by atoms with Crippen molar-refractivity contribution in [3.05, 3.63) is 34.9 Å². The predicted molar refractivity (Wildman–Crippen MR) is 83.8 cm³/mol. The summed E-state index contributed by atoms with van der Waals surface area (Å²) in [5.74, 6) is 0.283. The fourth-order valence-electron chi connectivity index (χ4n) is 1.72. The second-order valence-corrected chi connectivity index (χ2v) is 5.67. The highest BCUT2D eigenvalue weighted by Gasteiger charge is 2.15. The van der Waals surface area contributed by atoms with Gasteiger partial charge in [0.1, 0.15) is 0 Å². The second-order valence-electron chi connectivity index (χ2n) is 5.23. The third kappa shape index (κ3) is 6.17. The molecule has 1 amide bonds. The average Bonchev–Trinajstić information content (AvgIpc) is 2.46. The highest BCUT2D eigenvalue weighted by molar-refractivity contribution is 6.30. The molecule has 0 aromatic heterocycles. The van der Waals surface area contributed by atoms with Gasteiger partial charge in [-0.3, -0.25) is 4.79 Å². The Hall–Kier alpha value is -1.55. The van der Waals surface area contributed by atoms with Gasteiger partial charge < -0.3 is 9.64 Å². The normalized spacial score (nSPS) is 10.5. The van der Waals surface area contributed by atoms with Gasteiger partial charge in [-0.25, -0.2) is 4.79 Å². The molecule has 0 saturated carbocycles. The fourth-order valence-corrected chi connectivity index (χ4v) is 1.85. The lowest BCUT2D eigenvalue weighted by Gasteiger charge is -2.20. The third-order valence-corrected chi connectivity index (χ3v) is 3.21. The quantitative estimate of drug-likeness (QED) is 0.714. The minimum absolute atomic E-state index is 0.0122. The molecule has 0 aliphatic rings. The largest absolute Gasteiger partial charge is 0.449 e. The van der Waals surface area contributed by atoms with E-state index in [1.807, 2.05) is 20.8 Å². The summed E-state index contributed by atoms with van der Waals surface area (Å²) >= 11 is 5.79. The Bertz CT molecular complexity index is 471. The van der Waals surface area contributed by atoms with Crippen molar-refractivity contribution < 1.29 is 14.3 Å². The number of nitrogens with zero attached hydrogens (tertiary/aromatic N) is 1. The van der Waals surface area contributed by atoms with E-state index < -0.39 is 0 Å². The first kappa shape index (κ1) is 17.5. The summed E-state index contributed by atoms with van der Waals surface area (Å²) in [6, 6.07) is 6.75. The Morgan fingerprint density at radius 3 is 2.38 bits per heavy atom. The summed E-state index contributed by atoms with van der Waals surface area (Å²) in [7, 11) is 0. The van der Waals surface area contributed by atoms with Gasteiger partial charge in [-0.05, 0) is 37.1 Å². The van der Waals surface area contributed by atoms with E-state index in [4.69, 9.17) is 16.3 Å². The monoisotopic (exact) mass is 311 g/mol. The summed E-state index contributed by atoms with van der Waals surface area (Å²) in [6.07, 6.45) is -0.0956. The fraction of sp³-hybridized carbons (Fsp3) is 0.500. The van der Waals surface area contributed by atoms with Crippen LogP contribution in [0.4, 0.5) is 4.79 Å². The zero-order valence-corrected chi connectivity index (χ0v) is 13.5. The lowest BCUT2D eigenvalue weighted by Crippen LogP contribution is -2.34. The molecule has 0 fully saturated rings. The van der Waals surface area contributed by atoms with Gasteiger partial charge in [0.05, 0.1) is 6.61 Å². The van der Waals surface area contributed by atoms with Crippen LogP contribution in [0.3, 0.4) is 0 Å². The van der Waals surface area contributed by atoms with Gasteiger partial charge in [0.25, 0.3) is 0 Å². The predicted octanol–water partition coefficient (Wildman–Crippen LogP) is 4.03. The highest BCUT2D eigenvalue weighted by atomic mass is 35.5. The van der Waals surface area contributed by atoms with Crippen LogP contribution >= 0.6 is 11.6 Å². The SMILES string of the molecule is CCN(CCC(=O)c1ccc(Cl)cc1)C(=O)OCC(C)C. The molecule has 1 rings (SSSR count). The number of carbonyl (C=O) groups is 2. The maximum atomic E-state index is 12.0. The molecule has 5 heteroatoms. The molecule has 21 heavy (non-hydrogen) atoms. The number of Topliss-reactive ketones (excluding diaryl/α,β-unsaturated/α-hetero) is 1. The Balaban J connectivity index is 2.49. The van der Waals surface area contributed by atoms with Crippen molar-refractivity contribution in [2.75, 3.05) is 19.7 Å². The summed E-state index contributed by atoms with van der Waals surface area (Å²) in [4.78, 5) is 25.4. The first-order chi connectivity index (χ1) is 9.93. The number of ketones is 1. The molecule has 0 aliphatic carbocycles. The van der Waals surface area contributed by atoms with Gasteiger partial charge in [-0.1, -0.05) is 25.4 Å². The van der Waals surface area contributed by atoms with Crippen LogP contribution in [0.15, 0.2) is 24.3 Å². The topological polar surface area (TPSA) is 46.6 Å².